The minimum absolute atomic E-state index is 0.0532. The van der Waals surface area contributed by atoms with Gasteiger partial charge in [-0.25, -0.2) is 15.1 Å². The van der Waals surface area contributed by atoms with E-state index in [0.717, 1.165) is 24.0 Å². The van der Waals surface area contributed by atoms with Crippen molar-refractivity contribution in [1.82, 2.24) is 14.9 Å². The first-order valence-corrected chi connectivity index (χ1v) is 12.4. The molecule has 178 valence electrons. The van der Waals surface area contributed by atoms with Crippen molar-refractivity contribution in [2.75, 3.05) is 26.0 Å². The molecule has 2 aliphatic rings. The summed E-state index contributed by atoms with van der Waals surface area (Å²) in [5.41, 5.74) is 2.24. The molecular formula is C22H29N5O5S. The molecule has 1 fully saturated rings. The van der Waals surface area contributed by atoms with E-state index in [1.54, 1.807) is 25.1 Å². The number of aromatic nitrogens is 2. The lowest BCUT2D eigenvalue weighted by Gasteiger charge is -2.24. The smallest absolute Gasteiger partial charge is 0.333 e. The lowest BCUT2D eigenvalue weighted by atomic mass is 9.99. The predicted octanol–water partition coefficient (Wildman–Crippen LogP) is 1.66. The SMILES string of the molecule is CN(C)C(=O)[C@H]1Cc2ccccc2[C@H]1Nc1cc(O[C@H]2CC[C@H](COS(N)(=O)=O)C2)ncn1. The van der Waals surface area contributed by atoms with Crippen LogP contribution in [0.1, 0.15) is 36.4 Å². The number of rotatable bonds is 8. The number of hydrogen-bond donors (Lipinski definition) is 2. The highest BCUT2D eigenvalue weighted by Gasteiger charge is 2.38. The molecule has 1 amide bonds. The molecule has 0 spiro atoms. The van der Waals surface area contributed by atoms with Crippen LogP contribution in [0.15, 0.2) is 36.7 Å². The number of nitrogens with zero attached hydrogens (tertiary/aromatic N) is 3. The van der Waals surface area contributed by atoms with Crippen LogP contribution in [-0.4, -0.2) is 56.0 Å². The Kier molecular flexibility index (Phi) is 6.82. The summed E-state index contributed by atoms with van der Waals surface area (Å²) < 4.78 is 32.7. The van der Waals surface area contributed by atoms with E-state index in [9.17, 15) is 13.2 Å². The summed E-state index contributed by atoms with van der Waals surface area (Å²) in [7, 11) is -0.408. The first-order valence-electron chi connectivity index (χ1n) is 10.9. The number of nitrogens with two attached hydrogens (primary N) is 1. The van der Waals surface area contributed by atoms with Gasteiger partial charge in [0.25, 0.3) is 0 Å². The van der Waals surface area contributed by atoms with E-state index in [-0.39, 0.29) is 36.5 Å². The number of carbonyl (C=O) groups excluding carboxylic acids is 1. The van der Waals surface area contributed by atoms with Crippen molar-refractivity contribution in [2.24, 2.45) is 17.0 Å². The molecule has 0 aliphatic heterocycles. The fourth-order valence-corrected chi connectivity index (χ4v) is 5.01. The Balaban J connectivity index is 1.43. The maximum Gasteiger partial charge on any atom is 0.333 e. The number of ether oxygens (including phenoxy) is 1. The minimum atomic E-state index is -3.94. The van der Waals surface area contributed by atoms with E-state index in [4.69, 9.17) is 14.1 Å². The monoisotopic (exact) mass is 475 g/mol. The fourth-order valence-electron chi connectivity index (χ4n) is 4.63. The van der Waals surface area contributed by atoms with Crippen molar-refractivity contribution < 1.29 is 22.1 Å². The molecule has 1 saturated carbocycles. The zero-order valence-corrected chi connectivity index (χ0v) is 19.5. The van der Waals surface area contributed by atoms with E-state index < -0.39 is 10.3 Å². The maximum absolute atomic E-state index is 12.8. The summed E-state index contributed by atoms with van der Waals surface area (Å²) in [4.78, 5) is 23.0. The summed E-state index contributed by atoms with van der Waals surface area (Å²) >= 11 is 0. The molecule has 0 bridgehead atoms. The van der Waals surface area contributed by atoms with Crippen LogP contribution >= 0.6 is 0 Å². The van der Waals surface area contributed by atoms with Crippen molar-refractivity contribution in [3.63, 3.8) is 0 Å². The zero-order chi connectivity index (χ0) is 23.6. The fraction of sp³-hybridized carbons (Fsp3) is 0.500. The second-order valence-corrected chi connectivity index (χ2v) is 10.0. The van der Waals surface area contributed by atoms with Gasteiger partial charge in [-0.2, -0.15) is 8.42 Å². The third-order valence-electron chi connectivity index (χ3n) is 6.18. The highest BCUT2D eigenvalue weighted by molar-refractivity contribution is 7.84. The van der Waals surface area contributed by atoms with Crippen molar-refractivity contribution in [3.05, 3.63) is 47.8 Å². The van der Waals surface area contributed by atoms with Crippen LogP contribution in [0.25, 0.3) is 0 Å². The van der Waals surface area contributed by atoms with Crippen LogP contribution in [0.4, 0.5) is 5.82 Å². The van der Waals surface area contributed by atoms with E-state index in [0.29, 0.717) is 24.5 Å². The van der Waals surface area contributed by atoms with Crippen LogP contribution in [0, 0.1) is 11.8 Å². The number of hydrogen-bond acceptors (Lipinski definition) is 8. The predicted molar refractivity (Wildman–Crippen MR) is 122 cm³/mol. The van der Waals surface area contributed by atoms with Crippen molar-refractivity contribution in [3.8, 4) is 5.88 Å². The maximum atomic E-state index is 12.8. The molecule has 3 N–H and O–H groups in total. The van der Waals surface area contributed by atoms with Crippen LogP contribution < -0.4 is 15.2 Å². The van der Waals surface area contributed by atoms with E-state index in [1.165, 1.54) is 6.33 Å². The van der Waals surface area contributed by atoms with E-state index in [2.05, 4.69) is 21.4 Å². The van der Waals surface area contributed by atoms with Gasteiger partial charge in [0.05, 0.1) is 18.6 Å². The van der Waals surface area contributed by atoms with E-state index in [1.807, 2.05) is 18.2 Å². The lowest BCUT2D eigenvalue weighted by molar-refractivity contribution is -0.133. The highest BCUT2D eigenvalue weighted by atomic mass is 32.2. The van der Waals surface area contributed by atoms with E-state index >= 15 is 0 Å². The molecule has 11 heteroatoms. The number of carbonyl (C=O) groups is 1. The summed E-state index contributed by atoms with van der Waals surface area (Å²) in [6.45, 7) is 0.0532. The van der Waals surface area contributed by atoms with Crippen molar-refractivity contribution in [2.45, 2.75) is 37.8 Å². The van der Waals surface area contributed by atoms with Gasteiger partial charge >= 0.3 is 10.3 Å². The average molecular weight is 476 g/mol. The second-order valence-electron chi connectivity index (χ2n) is 8.80. The molecule has 2 aromatic rings. The van der Waals surface area contributed by atoms with Gasteiger partial charge in [-0.15, -0.1) is 0 Å². The van der Waals surface area contributed by atoms with Gasteiger partial charge < -0.3 is 15.0 Å². The molecule has 0 radical (unpaired) electrons. The molecule has 1 heterocycles. The Hall–Kier alpha value is -2.76. The quantitative estimate of drug-likeness (QED) is 0.588. The number of benzene rings is 1. The standard InChI is InChI=1S/C22H29N5O5S/c1-27(2)22(28)18-10-15-5-3-4-6-17(15)21(18)26-19-11-20(25-13-24-19)32-16-8-7-14(9-16)12-31-33(23,29)30/h3-6,11,13-14,16,18,21H,7-10,12H2,1-2H3,(H2,23,29,30)(H,24,25,26)/t14-,16-,18-,21+/m0/s1. The molecule has 33 heavy (non-hydrogen) atoms. The summed E-state index contributed by atoms with van der Waals surface area (Å²) in [6, 6.07) is 9.57. The minimum Gasteiger partial charge on any atom is -0.474 e. The number of fused-ring (bicyclic) bond motifs is 1. The Bertz CT molecular complexity index is 1110. The van der Waals surface area contributed by atoms with Crippen molar-refractivity contribution >= 4 is 22.0 Å². The summed E-state index contributed by atoms with van der Waals surface area (Å²) in [5.74, 6) is 0.886. The van der Waals surface area contributed by atoms with Gasteiger partial charge in [0, 0.05) is 20.2 Å². The third kappa shape index (κ3) is 5.79. The number of nitrogens with one attached hydrogen (secondary N) is 1. The second kappa shape index (κ2) is 9.62. The number of amides is 1. The normalized spacial score (nSPS) is 24.3. The molecule has 1 aromatic carbocycles. The Morgan fingerprint density at radius 1 is 1.24 bits per heavy atom. The first kappa shape index (κ1) is 23.4. The Labute approximate surface area is 193 Å². The summed E-state index contributed by atoms with van der Waals surface area (Å²) in [5, 5.41) is 8.32. The molecule has 4 rings (SSSR count). The van der Waals surface area contributed by atoms with Gasteiger partial charge in [0.2, 0.25) is 11.8 Å². The van der Waals surface area contributed by atoms with Gasteiger partial charge in [0.15, 0.2) is 0 Å². The molecule has 1 aromatic heterocycles. The van der Waals surface area contributed by atoms with Crippen LogP contribution in [-0.2, 0) is 25.7 Å². The van der Waals surface area contributed by atoms with Crippen LogP contribution in [0.2, 0.25) is 0 Å². The lowest BCUT2D eigenvalue weighted by Crippen LogP contribution is -2.34. The molecule has 10 nitrogen and oxygen atoms in total. The molecule has 0 unspecified atom stereocenters. The van der Waals surface area contributed by atoms with Gasteiger partial charge in [-0.05, 0) is 42.7 Å². The number of anilines is 1. The van der Waals surface area contributed by atoms with Gasteiger partial charge in [0.1, 0.15) is 18.2 Å². The topological polar surface area (TPSA) is 137 Å². The third-order valence-corrected chi connectivity index (χ3v) is 6.65. The van der Waals surface area contributed by atoms with Gasteiger partial charge in [-0.1, -0.05) is 24.3 Å². The Morgan fingerprint density at radius 3 is 2.79 bits per heavy atom. The summed E-state index contributed by atoms with van der Waals surface area (Å²) in [6.07, 6.45) is 4.20. The van der Waals surface area contributed by atoms with Gasteiger partial charge in [-0.3, -0.25) is 8.98 Å². The first-order chi connectivity index (χ1) is 15.7. The molecule has 4 atom stereocenters. The highest BCUT2D eigenvalue weighted by Crippen LogP contribution is 2.39. The molecular weight excluding hydrogens is 446 g/mol. The average Bonchev–Trinajstić information content (AvgIpc) is 3.36. The van der Waals surface area contributed by atoms with Crippen LogP contribution in [0.5, 0.6) is 5.88 Å². The van der Waals surface area contributed by atoms with Crippen molar-refractivity contribution in [1.29, 1.82) is 0 Å². The largest absolute Gasteiger partial charge is 0.474 e. The molecule has 2 aliphatic carbocycles. The Morgan fingerprint density at radius 2 is 2.03 bits per heavy atom. The molecule has 0 saturated heterocycles. The van der Waals surface area contributed by atoms with Crippen LogP contribution in [0.3, 0.4) is 0 Å². The zero-order valence-electron chi connectivity index (χ0n) is 18.7.